The average molecular weight is 321 g/mol. The smallest absolute Gasteiger partial charge is 0.263 e. The molecule has 4 nitrogen and oxygen atoms in total. The topological polar surface area (TPSA) is 68.0 Å². The van der Waals surface area contributed by atoms with Crippen molar-refractivity contribution in [2.45, 2.75) is 37.5 Å². The second-order valence-electron chi connectivity index (χ2n) is 5.26. The van der Waals surface area contributed by atoms with Gasteiger partial charge in [0.25, 0.3) is 5.91 Å². The number of nitrogens with zero attached hydrogens (tertiary/aromatic N) is 1. The molecule has 21 heavy (non-hydrogen) atoms. The Morgan fingerprint density at radius 1 is 1.57 bits per heavy atom. The Morgan fingerprint density at radius 2 is 2.43 bits per heavy atom. The van der Waals surface area contributed by atoms with Crippen LogP contribution < -0.4 is 11.1 Å². The second-order valence-corrected chi connectivity index (χ2v) is 7.84. The van der Waals surface area contributed by atoms with Gasteiger partial charge in [0.05, 0.1) is 5.69 Å². The monoisotopic (exact) mass is 321 g/mol. The number of fused-ring (bicyclic) bond motifs is 1. The third kappa shape index (κ3) is 3.01. The summed E-state index contributed by atoms with van der Waals surface area (Å²) in [6, 6.07) is 4.03. The highest BCUT2D eigenvalue weighted by Gasteiger charge is 2.27. The Hall–Kier alpha value is -1.27. The molecule has 0 saturated heterocycles. The van der Waals surface area contributed by atoms with Crippen LogP contribution in [-0.4, -0.2) is 27.9 Å². The maximum atomic E-state index is 12.4. The highest BCUT2D eigenvalue weighted by Crippen LogP contribution is 2.33. The first-order valence-corrected chi connectivity index (χ1v) is 9.11. The number of thioether (sulfide) groups is 1. The summed E-state index contributed by atoms with van der Waals surface area (Å²) >= 11 is 3.36. The maximum Gasteiger partial charge on any atom is 0.263 e. The number of nitrogens with two attached hydrogens (primary N) is 1. The van der Waals surface area contributed by atoms with E-state index < -0.39 is 0 Å². The molecule has 0 spiro atoms. The van der Waals surface area contributed by atoms with Gasteiger partial charge in [0, 0.05) is 22.9 Å². The first-order valence-electron chi connectivity index (χ1n) is 7.24. The molecule has 1 fully saturated rings. The minimum Gasteiger partial charge on any atom is -0.397 e. The van der Waals surface area contributed by atoms with Gasteiger partial charge in [-0.3, -0.25) is 4.79 Å². The van der Waals surface area contributed by atoms with Gasteiger partial charge in [0.1, 0.15) is 9.71 Å². The van der Waals surface area contributed by atoms with Crippen LogP contribution in [0.5, 0.6) is 0 Å². The van der Waals surface area contributed by atoms with E-state index in [1.54, 1.807) is 6.20 Å². The number of amides is 1. The third-order valence-electron chi connectivity index (χ3n) is 3.83. The van der Waals surface area contributed by atoms with E-state index in [1.807, 2.05) is 23.9 Å². The van der Waals surface area contributed by atoms with Gasteiger partial charge in [-0.2, -0.15) is 11.8 Å². The van der Waals surface area contributed by atoms with Crippen LogP contribution in [-0.2, 0) is 0 Å². The summed E-state index contributed by atoms with van der Waals surface area (Å²) in [7, 11) is 0. The Morgan fingerprint density at radius 3 is 3.19 bits per heavy atom. The second kappa shape index (κ2) is 6.23. The van der Waals surface area contributed by atoms with Crippen molar-refractivity contribution in [2.24, 2.45) is 0 Å². The molecule has 0 bridgehead atoms. The summed E-state index contributed by atoms with van der Waals surface area (Å²) in [5, 5.41) is 4.69. The van der Waals surface area contributed by atoms with Crippen molar-refractivity contribution >= 4 is 44.9 Å². The number of hydrogen-bond donors (Lipinski definition) is 2. The molecule has 6 heteroatoms. The van der Waals surface area contributed by atoms with Crippen LogP contribution >= 0.6 is 23.1 Å². The summed E-state index contributed by atoms with van der Waals surface area (Å²) in [4.78, 5) is 18.1. The Labute approximate surface area is 132 Å². The number of anilines is 1. The minimum absolute atomic E-state index is 0.0531. The van der Waals surface area contributed by atoms with E-state index in [-0.39, 0.29) is 11.9 Å². The number of thiophene rings is 1. The summed E-state index contributed by atoms with van der Waals surface area (Å²) in [5.41, 5.74) is 6.65. The third-order valence-corrected chi connectivity index (χ3v) is 6.19. The Balaban J connectivity index is 1.71. The average Bonchev–Trinajstić information content (AvgIpc) is 3.05. The van der Waals surface area contributed by atoms with Gasteiger partial charge < -0.3 is 11.1 Å². The Bertz CT molecular complexity index is 655. The molecule has 3 N–H and O–H groups in total. The fourth-order valence-electron chi connectivity index (χ4n) is 2.83. The molecule has 1 aliphatic carbocycles. The van der Waals surface area contributed by atoms with Gasteiger partial charge >= 0.3 is 0 Å². The predicted octanol–water partition coefficient (Wildman–Crippen LogP) is 3.28. The number of aromatic nitrogens is 1. The zero-order chi connectivity index (χ0) is 14.8. The van der Waals surface area contributed by atoms with Gasteiger partial charge in [-0.15, -0.1) is 11.3 Å². The molecule has 1 aliphatic rings. The van der Waals surface area contributed by atoms with Gasteiger partial charge in [0.15, 0.2) is 0 Å². The largest absolute Gasteiger partial charge is 0.397 e. The van der Waals surface area contributed by atoms with Gasteiger partial charge in [-0.1, -0.05) is 6.92 Å². The molecule has 3 rings (SSSR count). The van der Waals surface area contributed by atoms with Crippen LogP contribution in [0.2, 0.25) is 0 Å². The van der Waals surface area contributed by atoms with Gasteiger partial charge in [-0.05, 0) is 37.1 Å². The fraction of sp³-hybridized carbons (Fsp3) is 0.467. The van der Waals surface area contributed by atoms with Crippen LogP contribution in [0.15, 0.2) is 18.3 Å². The van der Waals surface area contributed by atoms with Crippen molar-refractivity contribution in [3.05, 3.63) is 23.2 Å². The lowest BCUT2D eigenvalue weighted by molar-refractivity contribution is 0.0943. The number of nitrogens with one attached hydrogen (secondary N) is 1. The van der Waals surface area contributed by atoms with Crippen LogP contribution in [0.1, 0.15) is 35.9 Å². The van der Waals surface area contributed by atoms with Crippen molar-refractivity contribution in [2.75, 3.05) is 11.5 Å². The zero-order valence-corrected chi connectivity index (χ0v) is 13.6. The van der Waals surface area contributed by atoms with Crippen molar-refractivity contribution in [1.29, 1.82) is 0 Å². The van der Waals surface area contributed by atoms with Crippen LogP contribution in [0.4, 0.5) is 5.69 Å². The molecule has 2 atom stereocenters. The molecule has 0 radical (unpaired) electrons. The molecule has 0 aliphatic heterocycles. The van der Waals surface area contributed by atoms with Crippen molar-refractivity contribution < 1.29 is 4.79 Å². The molecule has 1 saturated carbocycles. The number of carbonyl (C=O) groups is 1. The molecule has 2 aromatic rings. The summed E-state index contributed by atoms with van der Waals surface area (Å²) in [6.45, 7) is 2.18. The first kappa shape index (κ1) is 14.7. The van der Waals surface area contributed by atoms with E-state index in [1.165, 1.54) is 17.8 Å². The zero-order valence-electron chi connectivity index (χ0n) is 12.0. The van der Waals surface area contributed by atoms with Crippen LogP contribution in [0, 0.1) is 0 Å². The standard InChI is InChI=1S/C15H19N3OS2/c1-2-20-10-6-5-9(8-10)18-14(19)13-12(16)11-4-3-7-17-15(11)21-13/h3-4,7,9-10H,2,5-6,8,16H2,1H3,(H,18,19). The van der Waals surface area contributed by atoms with E-state index >= 15 is 0 Å². The number of hydrogen-bond acceptors (Lipinski definition) is 5. The van der Waals surface area contributed by atoms with E-state index in [9.17, 15) is 4.79 Å². The number of pyridine rings is 1. The van der Waals surface area contributed by atoms with Gasteiger partial charge in [-0.25, -0.2) is 4.98 Å². The Kier molecular flexibility index (Phi) is 4.35. The number of nitrogen functional groups attached to an aromatic ring is 1. The lowest BCUT2D eigenvalue weighted by atomic mass is 10.2. The summed E-state index contributed by atoms with van der Waals surface area (Å²) in [5.74, 6) is 1.09. The van der Waals surface area contributed by atoms with Crippen molar-refractivity contribution in [3.63, 3.8) is 0 Å². The lowest BCUT2D eigenvalue weighted by Crippen LogP contribution is -2.33. The van der Waals surface area contributed by atoms with Crippen molar-refractivity contribution in [1.82, 2.24) is 10.3 Å². The quantitative estimate of drug-likeness (QED) is 0.907. The molecule has 2 aromatic heterocycles. The number of rotatable bonds is 4. The minimum atomic E-state index is -0.0531. The molecule has 112 valence electrons. The molecule has 0 aromatic carbocycles. The van der Waals surface area contributed by atoms with E-state index in [0.29, 0.717) is 15.8 Å². The fourth-order valence-corrected chi connectivity index (χ4v) is 4.94. The molecular formula is C15H19N3OS2. The summed E-state index contributed by atoms with van der Waals surface area (Å²) in [6.07, 6.45) is 5.04. The normalized spacial score (nSPS) is 21.8. The maximum absolute atomic E-state index is 12.4. The SMILES string of the molecule is CCSC1CCC(NC(=O)c2sc3ncccc3c2N)C1. The molecule has 2 unspecified atom stereocenters. The lowest BCUT2D eigenvalue weighted by Gasteiger charge is -2.12. The van der Waals surface area contributed by atoms with E-state index in [4.69, 9.17) is 5.73 Å². The highest BCUT2D eigenvalue weighted by atomic mass is 32.2. The summed E-state index contributed by atoms with van der Waals surface area (Å²) < 4.78 is 0. The molecular weight excluding hydrogens is 302 g/mol. The molecule has 1 amide bonds. The van der Waals surface area contributed by atoms with Crippen molar-refractivity contribution in [3.8, 4) is 0 Å². The highest BCUT2D eigenvalue weighted by molar-refractivity contribution is 7.99. The predicted molar refractivity (Wildman–Crippen MR) is 91.1 cm³/mol. The molecule has 2 heterocycles. The first-order chi connectivity index (χ1) is 10.2. The van der Waals surface area contributed by atoms with Crippen LogP contribution in [0.3, 0.4) is 0 Å². The van der Waals surface area contributed by atoms with E-state index in [2.05, 4.69) is 17.2 Å². The number of carbonyl (C=O) groups excluding carboxylic acids is 1. The van der Waals surface area contributed by atoms with Gasteiger partial charge in [0.2, 0.25) is 0 Å². The van der Waals surface area contributed by atoms with Crippen LogP contribution in [0.25, 0.3) is 10.2 Å². The van der Waals surface area contributed by atoms with E-state index in [0.717, 1.165) is 28.8 Å².